The van der Waals surface area contributed by atoms with Crippen LogP contribution in [0.1, 0.15) is 21.9 Å². The molecule has 0 radical (unpaired) electrons. The van der Waals surface area contributed by atoms with E-state index in [0.717, 1.165) is 22.5 Å². The van der Waals surface area contributed by atoms with Crippen molar-refractivity contribution in [3.63, 3.8) is 0 Å². The number of carbonyl (C=O) groups excluding carboxylic acids is 1. The Morgan fingerprint density at radius 3 is 3.03 bits per heavy atom. The number of rotatable bonds is 6. The summed E-state index contributed by atoms with van der Waals surface area (Å²) in [4.78, 5) is 16.7. The van der Waals surface area contributed by atoms with Gasteiger partial charge in [0.25, 0.3) is 5.91 Å². The van der Waals surface area contributed by atoms with E-state index < -0.39 is 0 Å². The molecule has 8 heteroatoms. The Hall–Kier alpha value is -4.07. The molecular weight excluding hydrogens is 370 g/mol. The first-order valence-electron chi connectivity index (χ1n) is 9.09. The van der Waals surface area contributed by atoms with Gasteiger partial charge in [0.2, 0.25) is 0 Å². The fraction of sp³-hybridized carbons (Fsp3) is 0.0952. The van der Waals surface area contributed by atoms with Crippen LogP contribution in [-0.2, 0) is 13.1 Å². The third-order valence-corrected chi connectivity index (χ3v) is 4.56. The zero-order valence-electron chi connectivity index (χ0n) is 15.4. The van der Waals surface area contributed by atoms with Crippen LogP contribution in [0, 0.1) is 0 Å². The molecule has 0 aromatic carbocycles. The standard InChI is InChI=1S/C21H17N5O3/c27-21(23-11-15-5-7-25-8-6-22-20(25)10-15)19-4-3-18(29-19)16-12-24-26(13-16)14-17-2-1-9-28-17/h1-10,12-13H,11,14H2,(H,23,27). The van der Waals surface area contributed by atoms with E-state index in [-0.39, 0.29) is 11.7 Å². The number of pyridine rings is 1. The summed E-state index contributed by atoms with van der Waals surface area (Å²) < 4.78 is 14.7. The molecule has 0 fully saturated rings. The number of hydrogen-bond acceptors (Lipinski definition) is 5. The van der Waals surface area contributed by atoms with Crippen molar-refractivity contribution in [2.75, 3.05) is 0 Å². The lowest BCUT2D eigenvalue weighted by molar-refractivity contribution is 0.0924. The summed E-state index contributed by atoms with van der Waals surface area (Å²) in [6.07, 6.45) is 10.7. The number of carbonyl (C=O) groups is 1. The average molecular weight is 387 g/mol. The van der Waals surface area contributed by atoms with Crippen molar-refractivity contribution in [1.29, 1.82) is 0 Å². The van der Waals surface area contributed by atoms with Gasteiger partial charge in [-0.1, -0.05) is 0 Å². The smallest absolute Gasteiger partial charge is 0.287 e. The van der Waals surface area contributed by atoms with Gasteiger partial charge >= 0.3 is 0 Å². The lowest BCUT2D eigenvalue weighted by Gasteiger charge is -2.04. The Balaban J connectivity index is 1.24. The number of furan rings is 2. The largest absolute Gasteiger partial charge is 0.467 e. The van der Waals surface area contributed by atoms with Gasteiger partial charge in [-0.3, -0.25) is 9.48 Å². The van der Waals surface area contributed by atoms with E-state index in [0.29, 0.717) is 18.8 Å². The maximum atomic E-state index is 12.4. The average Bonchev–Trinajstić information content (AvgIpc) is 3.53. The van der Waals surface area contributed by atoms with Crippen molar-refractivity contribution < 1.29 is 13.6 Å². The molecule has 0 atom stereocenters. The van der Waals surface area contributed by atoms with E-state index in [1.54, 1.807) is 35.5 Å². The van der Waals surface area contributed by atoms with E-state index >= 15 is 0 Å². The van der Waals surface area contributed by atoms with E-state index in [1.807, 2.05) is 47.3 Å². The van der Waals surface area contributed by atoms with Gasteiger partial charge in [0.15, 0.2) is 5.76 Å². The van der Waals surface area contributed by atoms with Gasteiger partial charge in [-0.25, -0.2) is 4.98 Å². The summed E-state index contributed by atoms with van der Waals surface area (Å²) in [5.74, 6) is 1.37. The molecule has 0 saturated heterocycles. The molecule has 5 heterocycles. The van der Waals surface area contributed by atoms with E-state index in [2.05, 4.69) is 15.4 Å². The van der Waals surface area contributed by atoms with Crippen LogP contribution < -0.4 is 5.32 Å². The first-order valence-corrected chi connectivity index (χ1v) is 9.09. The van der Waals surface area contributed by atoms with E-state index in [4.69, 9.17) is 8.83 Å². The highest BCUT2D eigenvalue weighted by molar-refractivity contribution is 5.92. The maximum absolute atomic E-state index is 12.4. The van der Waals surface area contributed by atoms with Gasteiger partial charge in [0, 0.05) is 31.3 Å². The van der Waals surface area contributed by atoms with Crippen molar-refractivity contribution in [2.24, 2.45) is 0 Å². The zero-order valence-corrected chi connectivity index (χ0v) is 15.4. The van der Waals surface area contributed by atoms with Gasteiger partial charge in [-0.05, 0) is 42.0 Å². The molecule has 0 aliphatic heterocycles. The molecule has 0 aliphatic rings. The monoisotopic (exact) mass is 387 g/mol. The number of nitrogens with one attached hydrogen (secondary N) is 1. The van der Waals surface area contributed by atoms with Crippen LogP contribution in [0.25, 0.3) is 17.0 Å². The summed E-state index contributed by atoms with van der Waals surface area (Å²) in [5, 5.41) is 7.18. The number of amides is 1. The Labute approximate surface area is 165 Å². The second-order valence-electron chi connectivity index (χ2n) is 6.58. The van der Waals surface area contributed by atoms with Gasteiger partial charge in [0.1, 0.15) is 17.2 Å². The second kappa shape index (κ2) is 7.16. The van der Waals surface area contributed by atoms with Gasteiger partial charge in [-0.2, -0.15) is 5.10 Å². The number of fused-ring (bicyclic) bond motifs is 1. The summed E-state index contributed by atoms with van der Waals surface area (Å²) in [6, 6.07) is 11.0. The highest BCUT2D eigenvalue weighted by Gasteiger charge is 2.13. The topological polar surface area (TPSA) is 90.5 Å². The molecule has 1 amide bonds. The molecule has 29 heavy (non-hydrogen) atoms. The zero-order chi connectivity index (χ0) is 19.6. The maximum Gasteiger partial charge on any atom is 0.287 e. The number of hydrogen-bond donors (Lipinski definition) is 1. The van der Waals surface area contributed by atoms with Gasteiger partial charge in [-0.15, -0.1) is 0 Å². The highest BCUT2D eigenvalue weighted by atomic mass is 16.4. The number of imidazole rings is 1. The molecule has 5 aromatic heterocycles. The molecule has 5 rings (SSSR count). The minimum absolute atomic E-state index is 0.251. The minimum atomic E-state index is -0.276. The van der Waals surface area contributed by atoms with Crippen molar-refractivity contribution in [3.05, 3.63) is 90.7 Å². The fourth-order valence-electron chi connectivity index (χ4n) is 3.09. The third-order valence-electron chi connectivity index (χ3n) is 4.56. The van der Waals surface area contributed by atoms with Crippen LogP contribution in [0.15, 0.2) is 82.5 Å². The predicted molar refractivity (Wildman–Crippen MR) is 104 cm³/mol. The Morgan fingerprint density at radius 2 is 2.14 bits per heavy atom. The van der Waals surface area contributed by atoms with Crippen LogP contribution in [0.3, 0.4) is 0 Å². The molecule has 0 spiro atoms. The lowest BCUT2D eigenvalue weighted by atomic mass is 10.2. The van der Waals surface area contributed by atoms with Crippen molar-refractivity contribution in [2.45, 2.75) is 13.1 Å². The Morgan fingerprint density at radius 1 is 1.17 bits per heavy atom. The SMILES string of the molecule is O=C(NCc1ccn2ccnc2c1)c1ccc(-c2cnn(Cc3ccco3)c2)o1. The Bertz CT molecular complexity index is 1260. The third kappa shape index (κ3) is 3.55. The molecule has 8 nitrogen and oxygen atoms in total. The molecule has 1 N–H and O–H groups in total. The van der Waals surface area contributed by atoms with E-state index in [9.17, 15) is 4.79 Å². The first kappa shape index (κ1) is 17.1. The predicted octanol–water partition coefficient (Wildman–Crippen LogP) is 3.36. The quantitative estimate of drug-likeness (QED) is 0.482. The van der Waals surface area contributed by atoms with Crippen LogP contribution in [-0.4, -0.2) is 25.1 Å². The van der Waals surface area contributed by atoms with E-state index in [1.165, 1.54) is 0 Å². The second-order valence-corrected chi connectivity index (χ2v) is 6.58. The molecular formula is C21H17N5O3. The molecule has 0 bridgehead atoms. The fourth-order valence-corrected chi connectivity index (χ4v) is 3.09. The van der Waals surface area contributed by atoms with Crippen molar-refractivity contribution >= 4 is 11.6 Å². The summed E-state index contributed by atoms with van der Waals surface area (Å²) in [5.41, 5.74) is 2.59. The summed E-state index contributed by atoms with van der Waals surface area (Å²) in [7, 11) is 0. The van der Waals surface area contributed by atoms with Crippen LogP contribution >= 0.6 is 0 Å². The molecule has 0 saturated carbocycles. The normalized spacial score (nSPS) is 11.2. The number of aromatic nitrogens is 4. The van der Waals surface area contributed by atoms with Gasteiger partial charge < -0.3 is 18.6 Å². The van der Waals surface area contributed by atoms with Crippen LogP contribution in [0.2, 0.25) is 0 Å². The summed E-state index contributed by atoms with van der Waals surface area (Å²) >= 11 is 0. The molecule has 5 aromatic rings. The highest BCUT2D eigenvalue weighted by Crippen LogP contribution is 2.22. The van der Waals surface area contributed by atoms with Crippen molar-refractivity contribution in [1.82, 2.24) is 24.5 Å². The van der Waals surface area contributed by atoms with Crippen molar-refractivity contribution in [3.8, 4) is 11.3 Å². The van der Waals surface area contributed by atoms with Crippen LogP contribution in [0.5, 0.6) is 0 Å². The van der Waals surface area contributed by atoms with Crippen LogP contribution in [0.4, 0.5) is 0 Å². The number of nitrogens with zero attached hydrogens (tertiary/aromatic N) is 4. The Kier molecular flexibility index (Phi) is 4.21. The minimum Gasteiger partial charge on any atom is -0.467 e. The molecule has 0 aliphatic carbocycles. The molecule has 144 valence electrons. The van der Waals surface area contributed by atoms with Gasteiger partial charge in [0.05, 0.1) is 24.6 Å². The first-order chi connectivity index (χ1) is 14.2. The summed E-state index contributed by atoms with van der Waals surface area (Å²) in [6.45, 7) is 0.918. The molecule has 0 unspecified atom stereocenters. The lowest BCUT2D eigenvalue weighted by Crippen LogP contribution is -2.22.